The molecule has 5 nitrogen and oxygen atoms in total. The summed E-state index contributed by atoms with van der Waals surface area (Å²) < 4.78 is 20.6. The summed E-state index contributed by atoms with van der Waals surface area (Å²) in [6, 6.07) is 8.11. The molecule has 5 rings (SSSR count). The predicted molar refractivity (Wildman–Crippen MR) is 116 cm³/mol. The van der Waals surface area contributed by atoms with E-state index in [0.29, 0.717) is 24.5 Å². The highest BCUT2D eigenvalue weighted by Crippen LogP contribution is 2.36. The first-order valence-electron chi connectivity index (χ1n) is 10.2. The molecule has 4 heterocycles. The number of aryl methyl sites for hydroxylation is 1. The van der Waals surface area contributed by atoms with E-state index in [1.807, 2.05) is 43.3 Å². The topological polar surface area (TPSA) is 51.1 Å². The molecule has 1 atom stereocenters. The number of anilines is 1. The molecule has 0 radical (unpaired) electrons. The zero-order valence-electron chi connectivity index (χ0n) is 17.1. The maximum absolute atomic E-state index is 15.0. The zero-order valence-corrected chi connectivity index (χ0v) is 17.1. The summed E-state index contributed by atoms with van der Waals surface area (Å²) in [5.41, 5.74) is 5.79. The van der Waals surface area contributed by atoms with Gasteiger partial charge in [-0.2, -0.15) is 4.39 Å². The highest BCUT2D eigenvalue weighted by atomic mass is 19.1. The van der Waals surface area contributed by atoms with Crippen molar-refractivity contribution in [2.75, 3.05) is 24.7 Å². The van der Waals surface area contributed by atoms with E-state index in [0.717, 1.165) is 46.7 Å². The van der Waals surface area contributed by atoms with Gasteiger partial charge in [0.2, 0.25) is 5.95 Å². The van der Waals surface area contributed by atoms with Crippen molar-refractivity contribution in [1.29, 1.82) is 0 Å². The van der Waals surface area contributed by atoms with Crippen LogP contribution in [-0.4, -0.2) is 40.8 Å². The Labute approximate surface area is 175 Å². The molecule has 0 spiro atoms. The number of halogens is 1. The Morgan fingerprint density at radius 1 is 1.23 bits per heavy atom. The molecule has 0 N–H and O–H groups in total. The highest BCUT2D eigenvalue weighted by molar-refractivity contribution is 5.81. The average molecular weight is 402 g/mol. The number of aromatic nitrogens is 3. The molecule has 6 heteroatoms. The highest BCUT2D eigenvalue weighted by Gasteiger charge is 2.24. The Balaban J connectivity index is 1.73. The lowest BCUT2D eigenvalue weighted by molar-refractivity contribution is 0.0985. The zero-order chi connectivity index (χ0) is 20.7. The van der Waals surface area contributed by atoms with Gasteiger partial charge in [-0.3, -0.25) is 4.98 Å². The van der Waals surface area contributed by atoms with E-state index in [-0.39, 0.29) is 6.04 Å². The minimum atomic E-state index is -0.497. The van der Waals surface area contributed by atoms with Gasteiger partial charge in [-0.05, 0) is 55.2 Å². The second kappa shape index (κ2) is 7.61. The summed E-state index contributed by atoms with van der Waals surface area (Å²) in [6.07, 6.45) is 8.16. The van der Waals surface area contributed by atoms with Crippen molar-refractivity contribution < 1.29 is 9.13 Å². The lowest BCUT2D eigenvalue weighted by atomic mass is 10.00. The Kier molecular flexibility index (Phi) is 4.79. The number of pyridine rings is 3. The summed E-state index contributed by atoms with van der Waals surface area (Å²) >= 11 is 0. The second-order valence-electron chi connectivity index (χ2n) is 7.85. The van der Waals surface area contributed by atoms with Gasteiger partial charge >= 0.3 is 0 Å². The van der Waals surface area contributed by atoms with Gasteiger partial charge in [0, 0.05) is 24.5 Å². The molecule has 3 aromatic heterocycles. The average Bonchev–Trinajstić information content (AvgIpc) is 3.22. The summed E-state index contributed by atoms with van der Waals surface area (Å²) in [6.45, 7) is 6.18. The van der Waals surface area contributed by atoms with Crippen molar-refractivity contribution in [3.8, 4) is 22.5 Å². The molecule has 0 saturated carbocycles. The molecule has 1 aliphatic carbocycles. The quantitative estimate of drug-likeness (QED) is 0.606. The molecule has 152 valence electrons. The summed E-state index contributed by atoms with van der Waals surface area (Å²) in [5, 5.41) is 0. The number of fused-ring (bicyclic) bond motifs is 1. The maximum atomic E-state index is 15.0. The van der Waals surface area contributed by atoms with E-state index in [9.17, 15) is 4.39 Å². The van der Waals surface area contributed by atoms with E-state index in [2.05, 4.69) is 21.8 Å². The number of rotatable bonds is 3. The fourth-order valence-corrected chi connectivity index (χ4v) is 4.22. The van der Waals surface area contributed by atoms with Gasteiger partial charge in [-0.1, -0.05) is 18.2 Å². The number of hydrogen-bond donors (Lipinski definition) is 0. The first-order chi connectivity index (χ1) is 14.6. The van der Waals surface area contributed by atoms with Gasteiger partial charge in [0.25, 0.3) is 0 Å². The van der Waals surface area contributed by atoms with Crippen molar-refractivity contribution in [2.24, 2.45) is 0 Å². The standard InChI is InChI=1S/C24H23FN4O/c1-15-5-4-8-26-23(15)18-11-20(22-19-7-3-6-17(19)13-27-24(22)25)28-21(12-18)29-9-10-30-14-16(29)2/h3-5,7-8,11-13,16H,6,9-10,14H2,1-2H3/t16-/m1/s1. The smallest absolute Gasteiger partial charge is 0.222 e. The molecule has 30 heavy (non-hydrogen) atoms. The van der Waals surface area contributed by atoms with Crippen LogP contribution in [0, 0.1) is 12.9 Å². The molecule has 0 bridgehead atoms. The first-order valence-corrected chi connectivity index (χ1v) is 10.2. The third kappa shape index (κ3) is 3.27. The van der Waals surface area contributed by atoms with Crippen LogP contribution in [0.2, 0.25) is 0 Å². The number of hydrogen-bond acceptors (Lipinski definition) is 5. The molecule has 3 aromatic rings. The van der Waals surface area contributed by atoms with Crippen LogP contribution < -0.4 is 4.90 Å². The van der Waals surface area contributed by atoms with Gasteiger partial charge in [0.1, 0.15) is 5.82 Å². The SMILES string of the molecule is Cc1cccnc1-c1cc(-c2c(F)ncc3c2C=CC3)nc(N2CCOC[C@H]2C)c1. The van der Waals surface area contributed by atoms with Crippen molar-refractivity contribution >= 4 is 11.9 Å². The van der Waals surface area contributed by atoms with E-state index >= 15 is 0 Å². The van der Waals surface area contributed by atoms with E-state index in [4.69, 9.17) is 9.72 Å². The van der Waals surface area contributed by atoms with Gasteiger partial charge < -0.3 is 9.64 Å². The molecule has 2 aliphatic rings. The molecular formula is C24H23FN4O. The summed E-state index contributed by atoms with van der Waals surface area (Å²) in [7, 11) is 0. The fourth-order valence-electron chi connectivity index (χ4n) is 4.22. The lowest BCUT2D eigenvalue weighted by Crippen LogP contribution is -2.44. The predicted octanol–water partition coefficient (Wildman–Crippen LogP) is 4.45. The van der Waals surface area contributed by atoms with Gasteiger partial charge in [0.15, 0.2) is 0 Å². The molecule has 1 fully saturated rings. The Morgan fingerprint density at radius 2 is 2.13 bits per heavy atom. The maximum Gasteiger partial charge on any atom is 0.222 e. The molecule has 0 amide bonds. The fraction of sp³-hybridized carbons (Fsp3) is 0.292. The minimum Gasteiger partial charge on any atom is -0.377 e. The number of nitrogens with zero attached hydrogens (tertiary/aromatic N) is 4. The Morgan fingerprint density at radius 3 is 2.97 bits per heavy atom. The van der Waals surface area contributed by atoms with Crippen LogP contribution in [0.1, 0.15) is 23.6 Å². The van der Waals surface area contributed by atoms with Crippen LogP contribution in [0.15, 0.2) is 42.7 Å². The van der Waals surface area contributed by atoms with Crippen LogP contribution in [0.5, 0.6) is 0 Å². The number of allylic oxidation sites excluding steroid dienone is 1. The van der Waals surface area contributed by atoms with Crippen molar-refractivity contribution in [3.05, 3.63) is 65.4 Å². The van der Waals surface area contributed by atoms with Gasteiger partial charge in [-0.15, -0.1) is 0 Å². The van der Waals surface area contributed by atoms with Crippen molar-refractivity contribution in [2.45, 2.75) is 26.3 Å². The molecular weight excluding hydrogens is 379 g/mol. The van der Waals surface area contributed by atoms with Gasteiger partial charge in [-0.25, -0.2) is 9.97 Å². The molecule has 1 saturated heterocycles. The van der Waals surface area contributed by atoms with E-state index < -0.39 is 5.95 Å². The van der Waals surface area contributed by atoms with E-state index in [1.165, 1.54) is 0 Å². The van der Waals surface area contributed by atoms with Crippen LogP contribution >= 0.6 is 0 Å². The Bertz CT molecular complexity index is 1140. The van der Waals surface area contributed by atoms with Crippen LogP contribution in [0.3, 0.4) is 0 Å². The summed E-state index contributed by atoms with van der Waals surface area (Å²) in [5.74, 6) is 0.311. The molecule has 0 unspecified atom stereocenters. The van der Waals surface area contributed by atoms with Crippen LogP contribution in [0.4, 0.5) is 10.2 Å². The first kappa shape index (κ1) is 18.9. The lowest BCUT2D eigenvalue weighted by Gasteiger charge is -2.34. The van der Waals surface area contributed by atoms with Crippen LogP contribution in [0.25, 0.3) is 28.6 Å². The third-order valence-corrected chi connectivity index (χ3v) is 5.79. The molecule has 0 aromatic carbocycles. The summed E-state index contributed by atoms with van der Waals surface area (Å²) in [4.78, 5) is 15.7. The van der Waals surface area contributed by atoms with Crippen molar-refractivity contribution in [1.82, 2.24) is 15.0 Å². The number of ether oxygens (including phenoxy) is 1. The van der Waals surface area contributed by atoms with Gasteiger partial charge in [0.05, 0.1) is 36.2 Å². The monoisotopic (exact) mass is 402 g/mol. The third-order valence-electron chi connectivity index (χ3n) is 5.79. The minimum absolute atomic E-state index is 0.184. The Hall–Kier alpha value is -3.12. The molecule has 1 aliphatic heterocycles. The van der Waals surface area contributed by atoms with Crippen LogP contribution in [-0.2, 0) is 11.2 Å². The van der Waals surface area contributed by atoms with E-state index in [1.54, 1.807) is 12.4 Å². The largest absolute Gasteiger partial charge is 0.377 e. The number of morpholine rings is 1. The second-order valence-corrected chi connectivity index (χ2v) is 7.85. The van der Waals surface area contributed by atoms with Crippen molar-refractivity contribution in [3.63, 3.8) is 0 Å². The normalized spacial score (nSPS) is 18.0.